The molecule has 0 bridgehead atoms. The van der Waals surface area contributed by atoms with Crippen molar-refractivity contribution in [3.8, 4) is 11.5 Å². The van der Waals surface area contributed by atoms with E-state index in [0.29, 0.717) is 35.1 Å². The van der Waals surface area contributed by atoms with Gasteiger partial charge in [-0.2, -0.15) is 0 Å². The largest absolute Gasteiger partial charge is 0.496 e. The Morgan fingerprint density at radius 1 is 0.976 bits per heavy atom. The van der Waals surface area contributed by atoms with Gasteiger partial charge in [0.15, 0.2) is 0 Å². The first kappa shape index (κ1) is 29.7. The van der Waals surface area contributed by atoms with Crippen molar-refractivity contribution in [3.05, 3.63) is 82.4 Å². The lowest BCUT2D eigenvalue weighted by molar-refractivity contribution is -0.131. The number of likely N-dealkylation sites (N-methyl/N-ethyl adjacent to an activating group) is 1. The van der Waals surface area contributed by atoms with E-state index in [9.17, 15) is 19.5 Å². The Labute approximate surface area is 243 Å². The van der Waals surface area contributed by atoms with Crippen LogP contribution in [-0.4, -0.2) is 73.7 Å². The molecule has 41 heavy (non-hydrogen) atoms. The first-order chi connectivity index (χ1) is 19.6. The molecule has 0 saturated carbocycles. The molecule has 1 aliphatic rings. The topological polar surface area (TPSA) is 120 Å². The van der Waals surface area contributed by atoms with Crippen LogP contribution in [0.25, 0.3) is 0 Å². The highest BCUT2D eigenvalue weighted by atomic mass is 35.5. The Hall–Kier alpha value is -4.28. The predicted molar refractivity (Wildman–Crippen MR) is 157 cm³/mol. The lowest BCUT2D eigenvalue weighted by Crippen LogP contribution is -2.36. The number of urea groups is 1. The van der Waals surface area contributed by atoms with E-state index >= 15 is 0 Å². The molecule has 3 N–H and O–H groups in total. The number of carbonyl (C=O) groups excluding carboxylic acids is 2. The molecule has 10 nitrogen and oxygen atoms in total. The lowest BCUT2D eigenvalue weighted by atomic mass is 10.00. The van der Waals surface area contributed by atoms with Crippen LogP contribution in [0.4, 0.5) is 16.2 Å². The van der Waals surface area contributed by atoms with Gasteiger partial charge < -0.3 is 35.0 Å². The van der Waals surface area contributed by atoms with Crippen molar-refractivity contribution in [2.45, 2.75) is 24.9 Å². The molecule has 216 valence electrons. The molecule has 4 rings (SSSR count). The number of amides is 3. The van der Waals surface area contributed by atoms with Gasteiger partial charge in [-0.25, -0.2) is 9.59 Å². The second kappa shape index (κ2) is 12.9. The predicted octanol–water partition coefficient (Wildman–Crippen LogP) is 5.15. The number of benzene rings is 3. The first-order valence-corrected chi connectivity index (χ1v) is 13.4. The molecule has 1 saturated heterocycles. The summed E-state index contributed by atoms with van der Waals surface area (Å²) < 4.78 is 10.8. The second-order valence-electron chi connectivity index (χ2n) is 9.95. The molecular weight excluding hydrogens is 548 g/mol. The Balaban J connectivity index is 1.51. The smallest absolute Gasteiger partial charge is 0.339 e. The molecule has 0 aliphatic carbocycles. The number of aromatic carboxylic acids is 1. The second-order valence-corrected chi connectivity index (χ2v) is 10.4. The summed E-state index contributed by atoms with van der Waals surface area (Å²) in [6.45, 7) is 0.526. The molecule has 0 unspecified atom stereocenters. The number of likely N-dealkylation sites (tertiary alicyclic amines) is 1. The van der Waals surface area contributed by atoms with Gasteiger partial charge in [-0.1, -0.05) is 35.9 Å². The summed E-state index contributed by atoms with van der Waals surface area (Å²) in [6, 6.07) is 16.4. The Bertz CT molecular complexity index is 1450. The van der Waals surface area contributed by atoms with E-state index < -0.39 is 12.0 Å². The molecule has 1 aliphatic heterocycles. The zero-order valence-corrected chi connectivity index (χ0v) is 24.1. The SMILES string of the molecule is COc1cc(CC(=O)N2C[C@@H](N(C)C)C[C@H]2c2ccc(C(=O)O)c(OC)c2)ccc1NC(=O)Nc1ccccc1Cl. The average Bonchev–Trinajstić information content (AvgIpc) is 3.41. The van der Waals surface area contributed by atoms with Crippen molar-refractivity contribution in [1.29, 1.82) is 0 Å². The van der Waals surface area contributed by atoms with E-state index in [1.165, 1.54) is 20.3 Å². The monoisotopic (exact) mass is 580 g/mol. The van der Waals surface area contributed by atoms with Gasteiger partial charge in [0.2, 0.25) is 5.91 Å². The number of rotatable bonds is 9. The lowest BCUT2D eigenvalue weighted by Gasteiger charge is -2.26. The van der Waals surface area contributed by atoms with Crippen LogP contribution < -0.4 is 20.1 Å². The summed E-state index contributed by atoms with van der Waals surface area (Å²) in [6.07, 6.45) is 0.810. The number of carbonyl (C=O) groups is 3. The Kier molecular flexibility index (Phi) is 9.36. The van der Waals surface area contributed by atoms with Crippen LogP contribution in [0.5, 0.6) is 11.5 Å². The molecule has 1 heterocycles. The molecule has 0 spiro atoms. The fraction of sp³-hybridized carbons (Fsp3) is 0.300. The van der Waals surface area contributed by atoms with E-state index in [1.54, 1.807) is 54.6 Å². The maximum Gasteiger partial charge on any atom is 0.339 e. The fourth-order valence-electron chi connectivity index (χ4n) is 4.93. The Morgan fingerprint density at radius 2 is 1.68 bits per heavy atom. The zero-order chi connectivity index (χ0) is 29.7. The van der Waals surface area contributed by atoms with Crippen LogP contribution >= 0.6 is 11.6 Å². The highest BCUT2D eigenvalue weighted by Crippen LogP contribution is 2.37. The number of hydrogen-bond acceptors (Lipinski definition) is 6. The van der Waals surface area contributed by atoms with Gasteiger partial charge in [-0.3, -0.25) is 4.79 Å². The zero-order valence-electron chi connectivity index (χ0n) is 23.3. The van der Waals surface area contributed by atoms with Crippen molar-refractivity contribution >= 4 is 40.9 Å². The molecule has 0 aromatic heterocycles. The van der Waals surface area contributed by atoms with E-state index in [4.69, 9.17) is 21.1 Å². The summed E-state index contributed by atoms with van der Waals surface area (Å²) in [5.41, 5.74) is 2.50. The van der Waals surface area contributed by atoms with Crippen molar-refractivity contribution in [2.24, 2.45) is 0 Å². The van der Waals surface area contributed by atoms with Crippen LogP contribution in [0, 0.1) is 0 Å². The molecule has 3 aromatic carbocycles. The maximum absolute atomic E-state index is 13.6. The maximum atomic E-state index is 13.6. The minimum Gasteiger partial charge on any atom is -0.496 e. The number of halogens is 1. The molecule has 3 amide bonds. The van der Waals surface area contributed by atoms with Crippen molar-refractivity contribution in [2.75, 3.05) is 45.5 Å². The summed E-state index contributed by atoms with van der Waals surface area (Å²) in [5, 5.41) is 15.3. The third-order valence-corrected chi connectivity index (χ3v) is 7.49. The van der Waals surface area contributed by atoms with Gasteiger partial charge >= 0.3 is 12.0 Å². The van der Waals surface area contributed by atoms with Crippen molar-refractivity contribution < 1.29 is 29.0 Å². The minimum atomic E-state index is -1.08. The fourth-order valence-corrected chi connectivity index (χ4v) is 5.12. The molecule has 3 aromatic rings. The number of ether oxygens (including phenoxy) is 2. The van der Waals surface area contributed by atoms with E-state index in [-0.39, 0.29) is 35.7 Å². The van der Waals surface area contributed by atoms with E-state index in [2.05, 4.69) is 15.5 Å². The summed E-state index contributed by atoms with van der Waals surface area (Å²) in [4.78, 5) is 41.7. The summed E-state index contributed by atoms with van der Waals surface area (Å²) in [7, 11) is 6.87. The average molecular weight is 581 g/mol. The molecule has 11 heteroatoms. The quantitative estimate of drug-likeness (QED) is 0.320. The highest BCUT2D eigenvalue weighted by Gasteiger charge is 2.37. The van der Waals surface area contributed by atoms with Crippen molar-refractivity contribution in [1.82, 2.24) is 9.80 Å². The van der Waals surface area contributed by atoms with Crippen LogP contribution in [0.2, 0.25) is 5.02 Å². The van der Waals surface area contributed by atoms with Crippen LogP contribution in [0.15, 0.2) is 60.7 Å². The van der Waals surface area contributed by atoms with Crippen LogP contribution in [0.3, 0.4) is 0 Å². The number of methoxy groups -OCH3 is 2. The van der Waals surface area contributed by atoms with Gasteiger partial charge in [-0.15, -0.1) is 0 Å². The third kappa shape index (κ3) is 6.90. The standard InChI is InChI=1S/C30H33ClN4O6/c1-34(2)20-16-25(19-10-11-21(29(37)38)26(15-19)40-3)35(17-20)28(36)14-18-9-12-24(27(13-18)41-4)33-30(39)32-23-8-6-5-7-22(23)31/h5-13,15,20,25H,14,16-17H2,1-4H3,(H,37,38)(H2,32,33,39)/t20-,25-/m0/s1. The Morgan fingerprint density at radius 3 is 2.34 bits per heavy atom. The normalized spacial score (nSPS) is 16.4. The number of hydrogen-bond donors (Lipinski definition) is 3. The third-order valence-electron chi connectivity index (χ3n) is 7.16. The number of carboxylic acids is 1. The summed E-state index contributed by atoms with van der Waals surface area (Å²) >= 11 is 6.13. The van der Waals surface area contributed by atoms with Gasteiger partial charge in [0.05, 0.1) is 43.1 Å². The molecule has 0 radical (unpaired) electrons. The van der Waals surface area contributed by atoms with E-state index in [0.717, 1.165) is 11.1 Å². The summed E-state index contributed by atoms with van der Waals surface area (Å²) in [5.74, 6) is -0.503. The van der Waals surface area contributed by atoms with Gasteiger partial charge in [-0.05, 0) is 68.0 Å². The van der Waals surface area contributed by atoms with E-state index in [1.807, 2.05) is 19.0 Å². The number of nitrogens with one attached hydrogen (secondary N) is 2. The molecule has 2 atom stereocenters. The number of carboxylic acid groups (broad SMARTS) is 1. The number of anilines is 2. The number of para-hydroxylation sites is 1. The number of nitrogens with zero attached hydrogens (tertiary/aromatic N) is 2. The van der Waals surface area contributed by atoms with Gasteiger partial charge in [0.25, 0.3) is 0 Å². The molecular formula is C30H33ClN4O6. The minimum absolute atomic E-state index is 0.0672. The first-order valence-electron chi connectivity index (χ1n) is 13.0. The van der Waals surface area contributed by atoms with Gasteiger partial charge in [0.1, 0.15) is 17.1 Å². The highest BCUT2D eigenvalue weighted by molar-refractivity contribution is 6.33. The van der Waals surface area contributed by atoms with Gasteiger partial charge in [0, 0.05) is 12.6 Å². The van der Waals surface area contributed by atoms with Crippen molar-refractivity contribution in [3.63, 3.8) is 0 Å². The van der Waals surface area contributed by atoms with Crippen LogP contribution in [-0.2, 0) is 11.2 Å². The van der Waals surface area contributed by atoms with Crippen LogP contribution in [0.1, 0.15) is 33.9 Å². The molecule has 1 fully saturated rings.